The largest absolute Gasteiger partial charge is 0.336 e. The van der Waals surface area contributed by atoms with E-state index in [2.05, 4.69) is 5.10 Å². The Morgan fingerprint density at radius 1 is 1.14 bits per heavy atom. The number of amides is 1. The van der Waals surface area contributed by atoms with Gasteiger partial charge in [-0.05, 0) is 31.2 Å². The first kappa shape index (κ1) is 19.7. The van der Waals surface area contributed by atoms with Crippen LogP contribution >= 0.6 is 11.6 Å². The standard InChI is InChI=1S/C20H16ClF2N3O2/c1-12-10-18(27)19(24-26(12)17-9-4-3-7-16(17)23)20(28)25(2)11-13-14(21)6-5-8-15(13)22/h3-10H,11H2,1-2H3. The van der Waals surface area contributed by atoms with Gasteiger partial charge in [-0.3, -0.25) is 9.59 Å². The zero-order chi connectivity index (χ0) is 20.4. The van der Waals surface area contributed by atoms with Crippen molar-refractivity contribution in [2.45, 2.75) is 13.5 Å². The van der Waals surface area contributed by atoms with Crippen LogP contribution < -0.4 is 5.43 Å². The first-order valence-electron chi connectivity index (χ1n) is 8.34. The Bertz CT molecular complexity index is 1090. The van der Waals surface area contributed by atoms with Crippen LogP contribution in [0.2, 0.25) is 5.02 Å². The third-order valence-corrected chi connectivity index (χ3v) is 4.55. The maximum absolute atomic E-state index is 14.1. The molecule has 5 nitrogen and oxygen atoms in total. The lowest BCUT2D eigenvalue weighted by molar-refractivity contribution is 0.0774. The summed E-state index contributed by atoms with van der Waals surface area (Å²) in [4.78, 5) is 26.2. The van der Waals surface area contributed by atoms with E-state index in [0.717, 1.165) is 4.90 Å². The molecule has 28 heavy (non-hydrogen) atoms. The van der Waals surface area contributed by atoms with Crippen LogP contribution in [-0.4, -0.2) is 27.6 Å². The molecule has 0 saturated heterocycles. The lowest BCUT2D eigenvalue weighted by Crippen LogP contribution is -2.33. The van der Waals surface area contributed by atoms with E-state index >= 15 is 0 Å². The molecule has 0 bridgehead atoms. The van der Waals surface area contributed by atoms with Gasteiger partial charge >= 0.3 is 0 Å². The summed E-state index contributed by atoms with van der Waals surface area (Å²) >= 11 is 6.00. The first-order valence-corrected chi connectivity index (χ1v) is 8.71. The molecule has 0 saturated carbocycles. The molecule has 3 aromatic rings. The van der Waals surface area contributed by atoms with Crippen LogP contribution in [0.5, 0.6) is 0 Å². The average Bonchev–Trinajstić information content (AvgIpc) is 2.65. The van der Waals surface area contributed by atoms with Gasteiger partial charge in [0.1, 0.15) is 17.3 Å². The number of rotatable bonds is 4. The summed E-state index contributed by atoms with van der Waals surface area (Å²) in [6.45, 7) is 1.43. The molecule has 0 aliphatic carbocycles. The summed E-state index contributed by atoms with van der Waals surface area (Å²) in [5.41, 5.74) is -0.410. The topological polar surface area (TPSA) is 55.2 Å². The summed E-state index contributed by atoms with van der Waals surface area (Å²) < 4.78 is 29.3. The number of para-hydroxylation sites is 1. The molecule has 1 aromatic heterocycles. The van der Waals surface area contributed by atoms with Crippen LogP contribution in [-0.2, 0) is 6.54 Å². The van der Waals surface area contributed by atoms with Crippen molar-refractivity contribution in [2.24, 2.45) is 0 Å². The van der Waals surface area contributed by atoms with Crippen LogP contribution in [0.4, 0.5) is 8.78 Å². The molecule has 0 N–H and O–H groups in total. The van der Waals surface area contributed by atoms with Crippen molar-refractivity contribution in [1.29, 1.82) is 0 Å². The molecule has 0 aliphatic rings. The highest BCUT2D eigenvalue weighted by Gasteiger charge is 2.21. The van der Waals surface area contributed by atoms with Gasteiger partial charge in [-0.15, -0.1) is 0 Å². The summed E-state index contributed by atoms with van der Waals surface area (Å²) in [7, 11) is 1.40. The Kier molecular flexibility index (Phi) is 5.56. The highest BCUT2D eigenvalue weighted by Crippen LogP contribution is 2.21. The molecule has 3 rings (SSSR count). The molecular weight excluding hydrogens is 388 g/mol. The fourth-order valence-corrected chi connectivity index (χ4v) is 2.96. The quantitative estimate of drug-likeness (QED) is 0.666. The summed E-state index contributed by atoms with van der Waals surface area (Å²) in [5, 5.41) is 4.22. The Balaban J connectivity index is 1.99. The number of carbonyl (C=O) groups excluding carboxylic acids is 1. The zero-order valence-corrected chi connectivity index (χ0v) is 15.9. The fraction of sp³-hybridized carbons (Fsp3) is 0.150. The zero-order valence-electron chi connectivity index (χ0n) is 15.1. The number of aromatic nitrogens is 2. The van der Waals surface area contributed by atoms with E-state index in [1.807, 2.05) is 0 Å². The van der Waals surface area contributed by atoms with Gasteiger partial charge < -0.3 is 4.90 Å². The molecule has 0 aliphatic heterocycles. The van der Waals surface area contributed by atoms with Gasteiger partial charge in [0.2, 0.25) is 5.43 Å². The molecule has 0 radical (unpaired) electrons. The molecule has 0 spiro atoms. The van der Waals surface area contributed by atoms with Crippen LogP contribution in [0.15, 0.2) is 53.3 Å². The summed E-state index contributed by atoms with van der Waals surface area (Å²) in [6, 6.07) is 11.3. The third kappa shape index (κ3) is 3.80. The number of benzene rings is 2. The number of halogens is 3. The highest BCUT2D eigenvalue weighted by atomic mass is 35.5. The Morgan fingerprint density at radius 2 is 1.82 bits per heavy atom. The van der Waals surface area contributed by atoms with E-state index in [4.69, 9.17) is 11.6 Å². The molecule has 2 aromatic carbocycles. The van der Waals surface area contributed by atoms with Crippen molar-refractivity contribution in [3.05, 3.63) is 92.4 Å². The maximum Gasteiger partial charge on any atom is 0.278 e. The predicted octanol–water partition coefficient (Wildman–Crippen LogP) is 3.74. The first-order chi connectivity index (χ1) is 13.3. The second-order valence-corrected chi connectivity index (χ2v) is 6.63. The minimum absolute atomic E-state index is 0.105. The Morgan fingerprint density at radius 3 is 2.50 bits per heavy atom. The maximum atomic E-state index is 14.1. The molecule has 1 amide bonds. The number of nitrogens with zero attached hydrogens (tertiary/aromatic N) is 3. The monoisotopic (exact) mass is 403 g/mol. The normalized spacial score (nSPS) is 10.8. The molecule has 0 unspecified atom stereocenters. The van der Waals surface area contributed by atoms with Gasteiger partial charge in [0.05, 0.1) is 6.54 Å². The molecule has 144 valence electrons. The molecule has 0 fully saturated rings. The van der Waals surface area contributed by atoms with E-state index in [0.29, 0.717) is 5.69 Å². The van der Waals surface area contributed by atoms with E-state index in [1.54, 1.807) is 13.0 Å². The smallest absolute Gasteiger partial charge is 0.278 e. The van der Waals surface area contributed by atoms with Crippen LogP contribution in [0.1, 0.15) is 21.7 Å². The minimum atomic E-state index is -0.727. The molecule has 1 heterocycles. The lowest BCUT2D eigenvalue weighted by Gasteiger charge is -2.19. The second kappa shape index (κ2) is 7.90. The molecule has 0 atom stereocenters. The number of aryl methyl sites for hydroxylation is 1. The second-order valence-electron chi connectivity index (χ2n) is 6.22. The summed E-state index contributed by atoms with van der Waals surface area (Å²) in [6.07, 6.45) is 0. The van der Waals surface area contributed by atoms with Crippen molar-refractivity contribution in [3.8, 4) is 5.69 Å². The van der Waals surface area contributed by atoms with E-state index < -0.39 is 28.7 Å². The Labute approximate surface area is 164 Å². The third-order valence-electron chi connectivity index (χ3n) is 4.19. The van der Waals surface area contributed by atoms with E-state index in [-0.39, 0.29) is 22.8 Å². The van der Waals surface area contributed by atoms with Crippen molar-refractivity contribution in [2.75, 3.05) is 7.05 Å². The summed E-state index contributed by atoms with van der Waals surface area (Å²) in [5.74, 6) is -1.84. The highest BCUT2D eigenvalue weighted by molar-refractivity contribution is 6.31. The van der Waals surface area contributed by atoms with Crippen molar-refractivity contribution in [1.82, 2.24) is 14.7 Å². The Hall–Kier alpha value is -3.06. The van der Waals surface area contributed by atoms with Crippen LogP contribution in [0.3, 0.4) is 0 Å². The van der Waals surface area contributed by atoms with Crippen molar-refractivity contribution in [3.63, 3.8) is 0 Å². The number of carbonyl (C=O) groups is 1. The number of hydrogen-bond donors (Lipinski definition) is 0. The van der Waals surface area contributed by atoms with Gasteiger partial charge in [0.15, 0.2) is 5.69 Å². The molecule has 8 heteroatoms. The number of hydrogen-bond acceptors (Lipinski definition) is 3. The average molecular weight is 404 g/mol. The SMILES string of the molecule is Cc1cc(=O)c(C(=O)N(C)Cc2c(F)cccc2Cl)nn1-c1ccccc1F. The van der Waals surface area contributed by atoms with Gasteiger partial charge in [-0.1, -0.05) is 29.8 Å². The van der Waals surface area contributed by atoms with Crippen molar-refractivity contribution >= 4 is 17.5 Å². The minimum Gasteiger partial charge on any atom is -0.336 e. The fourth-order valence-electron chi connectivity index (χ4n) is 2.74. The van der Waals surface area contributed by atoms with Gasteiger partial charge in [-0.25, -0.2) is 13.5 Å². The van der Waals surface area contributed by atoms with Crippen LogP contribution in [0.25, 0.3) is 5.69 Å². The van der Waals surface area contributed by atoms with E-state index in [1.165, 1.54) is 54.2 Å². The van der Waals surface area contributed by atoms with Gasteiger partial charge in [0.25, 0.3) is 5.91 Å². The lowest BCUT2D eigenvalue weighted by atomic mass is 10.2. The van der Waals surface area contributed by atoms with Gasteiger partial charge in [0, 0.05) is 29.4 Å². The van der Waals surface area contributed by atoms with Crippen molar-refractivity contribution < 1.29 is 13.6 Å². The molecular formula is C20H16ClF2N3O2. The van der Waals surface area contributed by atoms with Crippen LogP contribution in [0, 0.1) is 18.6 Å². The predicted molar refractivity (Wildman–Crippen MR) is 102 cm³/mol. The van der Waals surface area contributed by atoms with Gasteiger partial charge in [-0.2, -0.15) is 5.10 Å². The van der Waals surface area contributed by atoms with E-state index in [9.17, 15) is 18.4 Å².